The van der Waals surface area contributed by atoms with E-state index in [9.17, 15) is 0 Å². The molecule has 0 unspecified atom stereocenters. The van der Waals surface area contributed by atoms with Crippen LogP contribution in [0.5, 0.6) is 0 Å². The van der Waals surface area contributed by atoms with Crippen LogP contribution in [0.1, 0.15) is 12.7 Å². The normalized spacial score (nSPS) is 10.1. The fraction of sp³-hybridized carbons (Fsp3) is 0.500. The Kier molecular flexibility index (Phi) is 8.82. The number of rotatable bonds is 6. The zero-order chi connectivity index (χ0) is 9.52. The van der Waals surface area contributed by atoms with Gasteiger partial charge in [0.25, 0.3) is 0 Å². The fourth-order valence-corrected chi connectivity index (χ4v) is 0.740. The molecule has 14 heavy (non-hydrogen) atoms. The van der Waals surface area contributed by atoms with Crippen molar-refractivity contribution in [1.82, 2.24) is 10.3 Å². The zero-order valence-corrected chi connectivity index (χ0v) is 11.0. The Morgan fingerprint density at radius 3 is 3.07 bits per heavy atom. The number of hydrazine groups is 1. The number of nitrogens with one attached hydrogen (secondary N) is 1. The minimum Gasteiger partial charge on any atom is -0.593 e. The Hall–Kier alpha value is 0.329. The first-order chi connectivity index (χ1) is 6.33. The van der Waals surface area contributed by atoms with Gasteiger partial charge >= 0.3 is 0 Å². The van der Waals surface area contributed by atoms with E-state index < -0.39 is 0 Å². The Labute approximate surface area is 111 Å². The summed E-state index contributed by atoms with van der Waals surface area (Å²) in [5, 5.41) is 0. The first kappa shape index (κ1) is 14.3. The Balaban J connectivity index is 0.00000169. The first-order valence-electron chi connectivity index (χ1n) is 4.11. The Bertz CT molecular complexity index is 221. The van der Waals surface area contributed by atoms with E-state index in [2.05, 4.69) is 11.7 Å². The number of ether oxygens (including phenoxy) is 1. The number of nitrogens with zero attached hydrogens (tertiary/aromatic N) is 1. The molecular weight excluding hydrogens is 256 g/mol. The van der Waals surface area contributed by atoms with Crippen LogP contribution >= 0.6 is 0 Å². The van der Waals surface area contributed by atoms with Crippen LogP contribution in [0.15, 0.2) is 16.5 Å². The van der Waals surface area contributed by atoms with Crippen molar-refractivity contribution in [2.75, 3.05) is 13.3 Å². The summed E-state index contributed by atoms with van der Waals surface area (Å²) in [5.41, 5.74) is 2.83. The molecule has 1 N–H and O–H groups in total. The predicted molar refractivity (Wildman–Crippen MR) is 48.5 cm³/mol. The van der Waals surface area contributed by atoms with Crippen molar-refractivity contribution in [1.29, 1.82) is 0 Å². The van der Waals surface area contributed by atoms with Gasteiger partial charge in [0.1, 0.15) is 6.73 Å². The summed E-state index contributed by atoms with van der Waals surface area (Å²) in [6.45, 7) is 3.45. The maximum absolute atomic E-state index is 5.45. The molecule has 0 amide bonds. The van der Waals surface area contributed by atoms with E-state index in [1.165, 1.54) is 4.92 Å². The third kappa shape index (κ3) is 5.93. The third-order valence-electron chi connectivity index (χ3n) is 1.48. The van der Waals surface area contributed by atoms with Gasteiger partial charge in [-0.15, -0.1) is 6.07 Å². The number of furan rings is 1. The molecule has 0 aliphatic rings. The molecule has 1 heterocycles. The summed E-state index contributed by atoms with van der Waals surface area (Å²) in [4.78, 5) is 1.45. The summed E-state index contributed by atoms with van der Waals surface area (Å²) in [5.74, 6) is 0.752. The van der Waals surface area contributed by atoms with Gasteiger partial charge in [-0.1, -0.05) is 6.92 Å². The SMILES string of the molecule is [B]N(CC)NCOCc1cc[c-]o1.[Y]. The Morgan fingerprint density at radius 1 is 1.71 bits per heavy atom. The van der Waals surface area contributed by atoms with Crippen molar-refractivity contribution in [3.05, 3.63) is 24.2 Å². The second-order valence-electron chi connectivity index (χ2n) is 2.46. The largest absolute Gasteiger partial charge is 0.593 e. The molecule has 6 heteroatoms. The molecule has 73 valence electrons. The second-order valence-corrected chi connectivity index (χ2v) is 2.46. The van der Waals surface area contributed by atoms with Crippen molar-refractivity contribution in [3.8, 4) is 0 Å². The van der Waals surface area contributed by atoms with Crippen LogP contribution in [-0.4, -0.2) is 26.2 Å². The maximum Gasteiger partial charge on any atom is 0.206 e. The smallest absolute Gasteiger partial charge is 0.206 e. The average molecular weight is 268 g/mol. The summed E-state index contributed by atoms with van der Waals surface area (Å²) in [6, 6.07) is 3.51. The Morgan fingerprint density at radius 2 is 2.50 bits per heavy atom. The molecule has 4 nitrogen and oxygen atoms in total. The molecule has 1 aromatic heterocycles. The standard InChI is InChI=1S/C8H12BN2O2.Y/c1-2-11(9)10-7-12-6-8-4-3-5-13-8;/h3-4,10H,2,6-7H2,1H3;/q-1;. The van der Waals surface area contributed by atoms with Gasteiger partial charge < -0.3 is 9.15 Å². The van der Waals surface area contributed by atoms with Gasteiger partial charge in [0.2, 0.25) is 7.98 Å². The molecule has 0 atom stereocenters. The summed E-state index contributed by atoms with van der Waals surface area (Å²) in [6.07, 6.45) is 2.58. The van der Waals surface area contributed by atoms with Crippen LogP contribution in [0.4, 0.5) is 0 Å². The molecule has 0 aromatic carbocycles. The van der Waals surface area contributed by atoms with E-state index in [-0.39, 0.29) is 32.7 Å². The van der Waals surface area contributed by atoms with Crippen molar-refractivity contribution in [2.24, 2.45) is 0 Å². The average Bonchev–Trinajstić information content (AvgIpc) is 2.64. The molecule has 0 saturated carbocycles. The predicted octanol–water partition coefficient (Wildman–Crippen LogP) is 0.461. The van der Waals surface area contributed by atoms with E-state index >= 15 is 0 Å². The van der Waals surface area contributed by atoms with Gasteiger partial charge in [-0.05, 0) is 18.6 Å². The zero-order valence-electron chi connectivity index (χ0n) is 8.19. The number of hydrogen-bond donors (Lipinski definition) is 1. The second kappa shape index (κ2) is 8.62. The van der Waals surface area contributed by atoms with Crippen molar-refractivity contribution < 1.29 is 41.9 Å². The van der Waals surface area contributed by atoms with E-state index in [0.717, 1.165) is 12.3 Å². The van der Waals surface area contributed by atoms with Crippen LogP contribution < -0.4 is 5.43 Å². The van der Waals surface area contributed by atoms with Crippen LogP contribution in [0, 0.1) is 6.26 Å². The van der Waals surface area contributed by atoms with Gasteiger partial charge in [-0.3, -0.25) is 4.92 Å². The molecule has 0 aliphatic carbocycles. The summed E-state index contributed by atoms with van der Waals surface area (Å²) in [7, 11) is 5.45. The van der Waals surface area contributed by atoms with E-state index in [4.69, 9.17) is 17.1 Å². The van der Waals surface area contributed by atoms with Crippen LogP contribution in [0.25, 0.3) is 0 Å². The van der Waals surface area contributed by atoms with Crippen molar-refractivity contribution >= 4 is 7.98 Å². The molecular formula is C8H12BN2O2Y-. The molecule has 3 radical (unpaired) electrons. The van der Waals surface area contributed by atoms with Crippen molar-refractivity contribution in [2.45, 2.75) is 13.5 Å². The molecule has 1 aromatic rings. The van der Waals surface area contributed by atoms with E-state index in [0.29, 0.717) is 13.3 Å². The molecule has 0 spiro atoms. The maximum atomic E-state index is 5.45. The summed E-state index contributed by atoms with van der Waals surface area (Å²) >= 11 is 0. The third-order valence-corrected chi connectivity index (χ3v) is 1.48. The van der Waals surface area contributed by atoms with Gasteiger partial charge in [0.15, 0.2) is 0 Å². The first-order valence-corrected chi connectivity index (χ1v) is 4.11. The molecule has 0 fully saturated rings. The number of hydrogen-bond acceptors (Lipinski definition) is 4. The van der Waals surface area contributed by atoms with Gasteiger partial charge in [0.05, 0.1) is 0 Å². The van der Waals surface area contributed by atoms with Gasteiger partial charge in [-0.25, -0.2) is 5.43 Å². The molecule has 1 rings (SSSR count). The fourth-order valence-electron chi connectivity index (χ4n) is 0.740. The quantitative estimate of drug-likeness (QED) is 0.267. The monoisotopic (exact) mass is 268 g/mol. The van der Waals surface area contributed by atoms with E-state index in [1.54, 1.807) is 12.1 Å². The van der Waals surface area contributed by atoms with Gasteiger partial charge in [0, 0.05) is 39.3 Å². The van der Waals surface area contributed by atoms with Crippen molar-refractivity contribution in [3.63, 3.8) is 0 Å². The van der Waals surface area contributed by atoms with Crippen LogP contribution in [0.3, 0.4) is 0 Å². The van der Waals surface area contributed by atoms with Crippen LogP contribution in [0.2, 0.25) is 0 Å². The minimum atomic E-state index is 0. The summed E-state index contributed by atoms with van der Waals surface area (Å²) < 4.78 is 10.1. The molecule has 0 saturated heterocycles. The minimum absolute atomic E-state index is 0. The van der Waals surface area contributed by atoms with Gasteiger partial charge in [-0.2, -0.15) is 6.07 Å². The topological polar surface area (TPSA) is 37.6 Å². The van der Waals surface area contributed by atoms with E-state index in [1.807, 2.05) is 6.92 Å². The molecule has 0 aliphatic heterocycles. The molecule has 0 bridgehead atoms. The van der Waals surface area contributed by atoms with Crippen LogP contribution in [-0.2, 0) is 44.1 Å².